The van der Waals surface area contributed by atoms with Gasteiger partial charge >= 0.3 is 5.97 Å². The second kappa shape index (κ2) is 6.70. The van der Waals surface area contributed by atoms with Crippen molar-refractivity contribution in [1.82, 2.24) is 15.1 Å². The zero-order valence-electron chi connectivity index (χ0n) is 12.6. The summed E-state index contributed by atoms with van der Waals surface area (Å²) in [5, 5.41) is 7.54. The summed E-state index contributed by atoms with van der Waals surface area (Å²) in [6.07, 6.45) is 4.43. The minimum Gasteiger partial charge on any atom is -0.465 e. The van der Waals surface area contributed by atoms with Crippen LogP contribution in [0.4, 0.5) is 0 Å². The fourth-order valence-corrected chi connectivity index (χ4v) is 2.09. The lowest BCUT2D eigenvalue weighted by Gasteiger charge is -2.30. The van der Waals surface area contributed by atoms with E-state index in [1.165, 1.54) is 0 Å². The van der Waals surface area contributed by atoms with E-state index in [2.05, 4.69) is 10.4 Å². The van der Waals surface area contributed by atoms with Crippen LogP contribution in [-0.2, 0) is 16.1 Å². The molecule has 1 N–H and O–H groups in total. The first-order valence-electron chi connectivity index (χ1n) is 6.81. The number of hydrogen-bond acceptors (Lipinski definition) is 4. The third-order valence-corrected chi connectivity index (χ3v) is 2.94. The molecule has 0 saturated heterocycles. The van der Waals surface area contributed by atoms with E-state index in [0.29, 0.717) is 19.6 Å². The quantitative estimate of drug-likeness (QED) is 0.767. The summed E-state index contributed by atoms with van der Waals surface area (Å²) in [5.74, 6) is -0.201. The molecule has 0 saturated carbocycles. The van der Waals surface area contributed by atoms with Crippen molar-refractivity contribution in [2.24, 2.45) is 0 Å². The van der Waals surface area contributed by atoms with E-state index in [-0.39, 0.29) is 12.0 Å². The number of esters is 1. The van der Waals surface area contributed by atoms with Gasteiger partial charge in [0.25, 0.3) is 0 Å². The molecule has 5 heteroatoms. The van der Waals surface area contributed by atoms with Crippen molar-refractivity contribution < 1.29 is 9.53 Å². The molecule has 0 aliphatic carbocycles. The van der Waals surface area contributed by atoms with Crippen molar-refractivity contribution in [3.8, 4) is 0 Å². The zero-order valence-corrected chi connectivity index (χ0v) is 12.6. The number of carbonyl (C=O) groups is 1. The Kier molecular flexibility index (Phi) is 5.54. The Morgan fingerprint density at radius 2 is 2.26 bits per heavy atom. The largest absolute Gasteiger partial charge is 0.465 e. The normalized spacial score (nSPS) is 14.4. The number of rotatable bonds is 7. The van der Waals surface area contributed by atoms with Crippen LogP contribution in [0.3, 0.4) is 0 Å². The molecule has 1 atom stereocenters. The second-order valence-electron chi connectivity index (χ2n) is 5.38. The highest BCUT2D eigenvalue weighted by Gasteiger charge is 2.34. The maximum atomic E-state index is 12.1. The van der Waals surface area contributed by atoms with Gasteiger partial charge in [-0.2, -0.15) is 5.10 Å². The lowest BCUT2D eigenvalue weighted by Crippen LogP contribution is -2.53. The van der Waals surface area contributed by atoms with E-state index in [1.807, 2.05) is 51.7 Å². The van der Waals surface area contributed by atoms with Gasteiger partial charge in [-0.15, -0.1) is 0 Å². The molecule has 19 heavy (non-hydrogen) atoms. The molecule has 1 heterocycles. The van der Waals surface area contributed by atoms with Gasteiger partial charge in [0.2, 0.25) is 0 Å². The van der Waals surface area contributed by atoms with Gasteiger partial charge in [-0.1, -0.05) is 0 Å². The highest BCUT2D eigenvalue weighted by Crippen LogP contribution is 2.15. The SMILES string of the molecule is CCOC(=O)C(C)(CCn1cc(C)cn1)NC(C)C. The molecule has 0 spiro atoms. The van der Waals surface area contributed by atoms with Gasteiger partial charge in [0.15, 0.2) is 0 Å². The lowest BCUT2D eigenvalue weighted by molar-refractivity contribution is -0.151. The summed E-state index contributed by atoms with van der Waals surface area (Å²) in [6.45, 7) is 10.8. The van der Waals surface area contributed by atoms with Gasteiger partial charge in [0, 0.05) is 18.8 Å². The highest BCUT2D eigenvalue weighted by molar-refractivity contribution is 5.80. The summed E-state index contributed by atoms with van der Waals surface area (Å²) in [4.78, 5) is 12.1. The molecule has 0 amide bonds. The summed E-state index contributed by atoms with van der Waals surface area (Å²) < 4.78 is 7.03. The Morgan fingerprint density at radius 1 is 1.58 bits per heavy atom. The summed E-state index contributed by atoms with van der Waals surface area (Å²) >= 11 is 0. The average molecular weight is 267 g/mol. The highest BCUT2D eigenvalue weighted by atomic mass is 16.5. The van der Waals surface area contributed by atoms with Crippen LogP contribution >= 0.6 is 0 Å². The molecule has 0 aliphatic heterocycles. The van der Waals surface area contributed by atoms with Gasteiger partial charge in [0.1, 0.15) is 5.54 Å². The first-order valence-corrected chi connectivity index (χ1v) is 6.81. The molecule has 0 bridgehead atoms. The van der Waals surface area contributed by atoms with E-state index in [1.54, 1.807) is 0 Å². The predicted octanol–water partition coefficient (Wildman–Crippen LogP) is 1.90. The van der Waals surface area contributed by atoms with Crippen molar-refractivity contribution in [2.75, 3.05) is 6.61 Å². The topological polar surface area (TPSA) is 56.2 Å². The van der Waals surface area contributed by atoms with Crippen LogP contribution in [0.25, 0.3) is 0 Å². The van der Waals surface area contributed by atoms with E-state index in [4.69, 9.17) is 4.74 Å². The number of nitrogens with zero attached hydrogens (tertiary/aromatic N) is 2. The second-order valence-corrected chi connectivity index (χ2v) is 5.38. The van der Waals surface area contributed by atoms with Crippen LogP contribution in [0.5, 0.6) is 0 Å². The van der Waals surface area contributed by atoms with Crippen LogP contribution in [-0.4, -0.2) is 33.9 Å². The molecule has 1 rings (SSSR count). The summed E-state index contributed by atoms with van der Waals surface area (Å²) in [7, 11) is 0. The van der Waals surface area contributed by atoms with Crippen molar-refractivity contribution in [3.05, 3.63) is 18.0 Å². The molecule has 0 radical (unpaired) electrons. The standard InChI is InChI=1S/C14H25N3O2/c1-6-19-13(18)14(5,16-11(2)3)7-8-17-10-12(4)9-15-17/h9-11,16H,6-8H2,1-5H3. The minimum atomic E-state index is -0.677. The molecular formula is C14H25N3O2. The van der Waals surface area contributed by atoms with Crippen LogP contribution in [0.1, 0.15) is 39.7 Å². The zero-order chi connectivity index (χ0) is 14.5. The third kappa shape index (κ3) is 4.67. The molecule has 108 valence electrons. The fourth-order valence-electron chi connectivity index (χ4n) is 2.09. The lowest BCUT2D eigenvalue weighted by atomic mass is 9.96. The number of ether oxygens (including phenoxy) is 1. The average Bonchev–Trinajstić information content (AvgIpc) is 2.72. The Labute approximate surface area is 115 Å². The molecule has 1 aromatic heterocycles. The number of nitrogens with one attached hydrogen (secondary N) is 1. The van der Waals surface area contributed by atoms with Crippen LogP contribution < -0.4 is 5.32 Å². The molecule has 0 aliphatic rings. The molecular weight excluding hydrogens is 242 g/mol. The third-order valence-electron chi connectivity index (χ3n) is 2.94. The van der Waals surface area contributed by atoms with Crippen molar-refractivity contribution in [1.29, 1.82) is 0 Å². The minimum absolute atomic E-state index is 0.201. The van der Waals surface area contributed by atoms with E-state index < -0.39 is 5.54 Å². The first kappa shape index (κ1) is 15.7. The molecule has 0 aromatic carbocycles. The molecule has 0 fully saturated rings. The van der Waals surface area contributed by atoms with Gasteiger partial charge < -0.3 is 4.74 Å². The van der Waals surface area contributed by atoms with Crippen molar-refractivity contribution in [2.45, 2.75) is 59.2 Å². The molecule has 1 unspecified atom stereocenters. The predicted molar refractivity (Wildman–Crippen MR) is 74.9 cm³/mol. The molecule has 1 aromatic rings. The number of aryl methyl sites for hydroxylation is 2. The summed E-state index contributed by atoms with van der Waals surface area (Å²) in [5.41, 5.74) is 0.443. The maximum absolute atomic E-state index is 12.1. The van der Waals surface area contributed by atoms with Gasteiger partial charge in [-0.3, -0.25) is 14.8 Å². The van der Waals surface area contributed by atoms with Crippen LogP contribution in [0, 0.1) is 6.92 Å². The number of aromatic nitrogens is 2. The Morgan fingerprint density at radius 3 is 2.74 bits per heavy atom. The van der Waals surface area contributed by atoms with Crippen LogP contribution in [0.15, 0.2) is 12.4 Å². The first-order chi connectivity index (χ1) is 8.87. The number of hydrogen-bond donors (Lipinski definition) is 1. The van der Waals surface area contributed by atoms with Crippen molar-refractivity contribution in [3.63, 3.8) is 0 Å². The number of carbonyl (C=O) groups excluding carboxylic acids is 1. The molecule has 5 nitrogen and oxygen atoms in total. The Hall–Kier alpha value is -1.36. The van der Waals surface area contributed by atoms with Gasteiger partial charge in [-0.25, -0.2) is 0 Å². The van der Waals surface area contributed by atoms with E-state index in [9.17, 15) is 4.79 Å². The maximum Gasteiger partial charge on any atom is 0.326 e. The smallest absolute Gasteiger partial charge is 0.326 e. The van der Waals surface area contributed by atoms with Gasteiger partial charge in [0.05, 0.1) is 12.8 Å². The van der Waals surface area contributed by atoms with E-state index >= 15 is 0 Å². The Bertz CT molecular complexity index is 415. The fraction of sp³-hybridized carbons (Fsp3) is 0.714. The van der Waals surface area contributed by atoms with Gasteiger partial charge in [-0.05, 0) is 46.6 Å². The Balaban J connectivity index is 2.70. The summed E-state index contributed by atoms with van der Waals surface area (Å²) in [6, 6.07) is 0.216. The van der Waals surface area contributed by atoms with Crippen LogP contribution in [0.2, 0.25) is 0 Å². The monoisotopic (exact) mass is 267 g/mol. The van der Waals surface area contributed by atoms with Crippen molar-refractivity contribution >= 4 is 5.97 Å². The van der Waals surface area contributed by atoms with E-state index in [0.717, 1.165) is 5.56 Å².